The molecular formula is C11H17N5. The normalized spacial score (nSPS) is 25.4. The summed E-state index contributed by atoms with van der Waals surface area (Å²) in [5.41, 5.74) is 1.10. The second kappa shape index (κ2) is 4.33. The van der Waals surface area contributed by atoms with Gasteiger partial charge in [0.2, 0.25) is 5.95 Å². The molecule has 2 aliphatic rings. The van der Waals surface area contributed by atoms with Crippen LogP contribution < -0.4 is 10.6 Å². The lowest BCUT2D eigenvalue weighted by Gasteiger charge is -2.23. The third kappa shape index (κ3) is 2.29. The maximum absolute atomic E-state index is 4.52. The molecule has 16 heavy (non-hydrogen) atoms. The van der Waals surface area contributed by atoms with Crippen LogP contribution in [0, 0.1) is 0 Å². The van der Waals surface area contributed by atoms with Crippen molar-refractivity contribution >= 4 is 5.95 Å². The van der Waals surface area contributed by atoms with Crippen LogP contribution in [-0.4, -0.2) is 34.3 Å². The number of aromatic nitrogens is 3. The van der Waals surface area contributed by atoms with Gasteiger partial charge in [0.1, 0.15) is 0 Å². The van der Waals surface area contributed by atoms with Gasteiger partial charge in [0.05, 0.1) is 11.9 Å². The van der Waals surface area contributed by atoms with Crippen molar-refractivity contribution in [1.82, 2.24) is 20.5 Å². The summed E-state index contributed by atoms with van der Waals surface area (Å²) >= 11 is 0. The molecule has 0 spiro atoms. The van der Waals surface area contributed by atoms with Crippen molar-refractivity contribution < 1.29 is 0 Å². The predicted molar refractivity (Wildman–Crippen MR) is 61.3 cm³/mol. The summed E-state index contributed by atoms with van der Waals surface area (Å²) in [7, 11) is 0. The first-order valence-electron chi connectivity index (χ1n) is 6.09. The van der Waals surface area contributed by atoms with E-state index in [-0.39, 0.29) is 0 Å². The Morgan fingerprint density at radius 3 is 3.00 bits per heavy atom. The lowest BCUT2D eigenvalue weighted by atomic mass is 10.1. The van der Waals surface area contributed by atoms with Crippen molar-refractivity contribution in [2.75, 3.05) is 18.4 Å². The van der Waals surface area contributed by atoms with Crippen molar-refractivity contribution in [3.8, 4) is 0 Å². The minimum atomic E-state index is 0.449. The molecule has 1 aliphatic heterocycles. The van der Waals surface area contributed by atoms with E-state index in [0.717, 1.165) is 18.8 Å². The van der Waals surface area contributed by atoms with Gasteiger partial charge in [-0.3, -0.25) is 0 Å². The zero-order valence-corrected chi connectivity index (χ0v) is 9.32. The van der Waals surface area contributed by atoms with Crippen LogP contribution in [0.4, 0.5) is 5.95 Å². The fourth-order valence-electron chi connectivity index (χ4n) is 2.11. The fourth-order valence-corrected chi connectivity index (χ4v) is 2.11. The summed E-state index contributed by atoms with van der Waals surface area (Å²) in [6, 6.07) is 0.449. The van der Waals surface area contributed by atoms with Gasteiger partial charge in [-0.2, -0.15) is 5.10 Å². The highest BCUT2D eigenvalue weighted by molar-refractivity contribution is 5.27. The van der Waals surface area contributed by atoms with Crippen molar-refractivity contribution in [2.24, 2.45) is 0 Å². The molecule has 0 bridgehead atoms. The van der Waals surface area contributed by atoms with Crippen LogP contribution in [0.25, 0.3) is 0 Å². The van der Waals surface area contributed by atoms with Gasteiger partial charge in [0, 0.05) is 18.5 Å². The molecule has 86 valence electrons. The Hall–Kier alpha value is -1.23. The van der Waals surface area contributed by atoms with Crippen LogP contribution in [0.2, 0.25) is 0 Å². The Morgan fingerprint density at radius 1 is 1.31 bits per heavy atom. The largest absolute Gasteiger partial charge is 0.349 e. The number of nitrogens with zero attached hydrogens (tertiary/aromatic N) is 3. The molecule has 2 fully saturated rings. The smallest absolute Gasteiger partial charge is 0.243 e. The van der Waals surface area contributed by atoms with E-state index in [1.54, 1.807) is 6.20 Å². The number of hydrogen-bond donors (Lipinski definition) is 2. The molecule has 0 radical (unpaired) electrons. The molecule has 0 unspecified atom stereocenters. The van der Waals surface area contributed by atoms with Crippen LogP contribution >= 0.6 is 0 Å². The van der Waals surface area contributed by atoms with Crippen LogP contribution in [-0.2, 0) is 0 Å². The molecule has 2 N–H and O–H groups in total. The van der Waals surface area contributed by atoms with E-state index in [1.165, 1.54) is 25.7 Å². The van der Waals surface area contributed by atoms with Gasteiger partial charge < -0.3 is 10.6 Å². The number of hydrogen-bond acceptors (Lipinski definition) is 5. The molecule has 2 heterocycles. The molecule has 5 nitrogen and oxygen atoms in total. The topological polar surface area (TPSA) is 62.7 Å². The highest BCUT2D eigenvalue weighted by Gasteiger charge is 2.26. The first-order valence-corrected chi connectivity index (χ1v) is 6.09. The Balaban J connectivity index is 1.66. The molecular weight excluding hydrogens is 202 g/mol. The zero-order valence-electron chi connectivity index (χ0n) is 9.32. The van der Waals surface area contributed by atoms with Crippen molar-refractivity contribution in [2.45, 2.75) is 37.6 Å². The average Bonchev–Trinajstić information content (AvgIpc) is 3.15. The van der Waals surface area contributed by atoms with Gasteiger partial charge in [-0.15, -0.1) is 5.10 Å². The number of anilines is 1. The molecule has 1 aromatic heterocycles. The van der Waals surface area contributed by atoms with Crippen molar-refractivity contribution in [3.63, 3.8) is 0 Å². The number of piperidine rings is 1. The summed E-state index contributed by atoms with van der Waals surface area (Å²) in [6.07, 6.45) is 6.70. The molecule has 3 rings (SSSR count). The monoisotopic (exact) mass is 219 g/mol. The second-order valence-electron chi connectivity index (χ2n) is 4.67. The molecule has 1 saturated carbocycles. The van der Waals surface area contributed by atoms with Gasteiger partial charge in [-0.25, -0.2) is 4.98 Å². The summed E-state index contributed by atoms with van der Waals surface area (Å²) in [6.45, 7) is 2.12. The maximum Gasteiger partial charge on any atom is 0.243 e. The fraction of sp³-hybridized carbons (Fsp3) is 0.727. The quantitative estimate of drug-likeness (QED) is 0.791. The minimum absolute atomic E-state index is 0.449. The Kier molecular flexibility index (Phi) is 2.70. The standard InChI is InChI=1S/C11H17N5/c1-2-9(6-12-5-1)14-11-15-10(7-13-16-11)8-3-4-8/h7-9,12H,1-6H2,(H,14,15,16)/t9-/m1/s1. The highest BCUT2D eigenvalue weighted by Crippen LogP contribution is 2.38. The van der Waals surface area contributed by atoms with Crippen molar-refractivity contribution in [1.29, 1.82) is 0 Å². The Bertz CT molecular complexity index is 357. The van der Waals surface area contributed by atoms with Crippen LogP contribution in [0.15, 0.2) is 6.20 Å². The summed E-state index contributed by atoms with van der Waals surface area (Å²) in [5.74, 6) is 1.33. The van der Waals surface area contributed by atoms with Crippen LogP contribution in [0.3, 0.4) is 0 Å². The molecule has 0 aromatic carbocycles. The van der Waals surface area contributed by atoms with Gasteiger partial charge >= 0.3 is 0 Å². The number of nitrogens with one attached hydrogen (secondary N) is 2. The summed E-state index contributed by atoms with van der Waals surface area (Å²) in [5, 5.41) is 14.8. The van der Waals surface area contributed by atoms with Gasteiger partial charge in [-0.1, -0.05) is 0 Å². The van der Waals surface area contributed by atoms with E-state index in [4.69, 9.17) is 0 Å². The summed E-state index contributed by atoms with van der Waals surface area (Å²) < 4.78 is 0. The predicted octanol–water partition coefficient (Wildman–Crippen LogP) is 0.913. The van der Waals surface area contributed by atoms with E-state index < -0.39 is 0 Å². The third-order valence-corrected chi connectivity index (χ3v) is 3.20. The Morgan fingerprint density at radius 2 is 2.25 bits per heavy atom. The molecule has 0 amide bonds. The molecule has 5 heteroatoms. The molecule has 1 aromatic rings. The van der Waals surface area contributed by atoms with Crippen LogP contribution in [0.1, 0.15) is 37.3 Å². The maximum atomic E-state index is 4.52. The highest BCUT2D eigenvalue weighted by atomic mass is 15.2. The van der Waals surface area contributed by atoms with E-state index in [0.29, 0.717) is 17.9 Å². The lowest BCUT2D eigenvalue weighted by Crippen LogP contribution is -2.38. The van der Waals surface area contributed by atoms with Crippen LogP contribution in [0.5, 0.6) is 0 Å². The number of rotatable bonds is 3. The lowest BCUT2D eigenvalue weighted by molar-refractivity contribution is 0.477. The third-order valence-electron chi connectivity index (χ3n) is 3.20. The summed E-state index contributed by atoms with van der Waals surface area (Å²) in [4.78, 5) is 4.52. The van der Waals surface area contributed by atoms with Gasteiger partial charge in [0.15, 0.2) is 0 Å². The van der Waals surface area contributed by atoms with E-state index in [1.807, 2.05) is 0 Å². The second-order valence-corrected chi connectivity index (χ2v) is 4.67. The van der Waals surface area contributed by atoms with E-state index in [2.05, 4.69) is 25.8 Å². The Labute approximate surface area is 95.1 Å². The molecule has 1 aliphatic carbocycles. The van der Waals surface area contributed by atoms with E-state index in [9.17, 15) is 0 Å². The first-order chi connectivity index (χ1) is 7.92. The van der Waals surface area contributed by atoms with E-state index >= 15 is 0 Å². The van der Waals surface area contributed by atoms with Gasteiger partial charge in [0.25, 0.3) is 0 Å². The van der Waals surface area contributed by atoms with Crippen molar-refractivity contribution in [3.05, 3.63) is 11.9 Å². The molecule has 1 atom stereocenters. The SMILES string of the molecule is c1nnc(N[C@@H]2CCCNC2)nc1C1CC1. The zero-order chi connectivity index (χ0) is 10.8. The first kappa shape index (κ1) is 9.96. The average molecular weight is 219 g/mol. The molecule has 1 saturated heterocycles. The van der Waals surface area contributed by atoms with Gasteiger partial charge in [-0.05, 0) is 32.2 Å². The minimum Gasteiger partial charge on any atom is -0.349 e.